The lowest BCUT2D eigenvalue weighted by Gasteiger charge is -2.43. The molecular weight excluding hydrogens is 898 g/mol. The molecule has 0 spiro atoms. The number of hydrogen-bond acceptors (Lipinski definition) is 14. The maximum absolute atomic E-state index is 13.0. The van der Waals surface area contributed by atoms with E-state index < -0.39 is 83.5 Å². The molecule has 1 aliphatic carbocycles. The lowest BCUT2D eigenvalue weighted by atomic mass is 9.85. The van der Waals surface area contributed by atoms with Crippen molar-refractivity contribution in [3.8, 4) is 0 Å². The molecule has 0 amide bonds. The van der Waals surface area contributed by atoms with E-state index in [2.05, 4.69) is 60.1 Å². The number of rotatable bonds is 40. The predicted molar refractivity (Wildman–Crippen MR) is 252 cm³/mol. The molecule has 66 heavy (non-hydrogen) atoms. The Morgan fingerprint density at radius 3 is 1.47 bits per heavy atom. The summed E-state index contributed by atoms with van der Waals surface area (Å²) in [7, 11) is -10.7. The summed E-state index contributed by atoms with van der Waals surface area (Å²) in [5, 5.41) is 50.0. The van der Waals surface area contributed by atoms with Gasteiger partial charge in [-0.2, -0.15) is 0 Å². The Labute approximate surface area is 392 Å². The minimum atomic E-state index is -5.37. The standard InChI is InChI=1S/C47H82O17P2/c1-2-3-4-5-6-7-8-9-13-17-20-23-26-29-32-35-41(50)62-39(38-61-66(58,59)64-47-44(53)42(51)43(52)46(45(47)54)63-65(55,56)57)37-60-40(49)34-31-28-25-22-19-16-14-11-10-12-15-18-21-24-27-30-33-36-48/h3-4,10,12,14,16,18,21-22,25,39,42-48,51-54H,2,5-9,11,13,15,17,19-20,23-24,26-38H2,1H3,(H,58,59)(H2,55,56,57)/b4-3-,12-10-,16-14-,21-18-,25-22-/t39-,42?,43?,44?,45?,46-,47+/m1/s1. The van der Waals surface area contributed by atoms with E-state index in [4.69, 9.17) is 23.6 Å². The van der Waals surface area contributed by atoms with Crippen LogP contribution in [0.1, 0.15) is 161 Å². The summed E-state index contributed by atoms with van der Waals surface area (Å²) >= 11 is 0. The molecule has 0 heterocycles. The SMILES string of the molecule is CC/C=C\CCCCCCCCCCCCCC(=O)O[C@H](COC(=O)CCC/C=C\C/C=C\C/C=C\C/C=C\CCCCCO)COP(=O)(O)O[C@H]1C(O)C(O)C(O)[C@@H](OP(=O)(O)O)C1O. The molecule has 1 aliphatic rings. The topological polar surface area (TPSA) is 276 Å². The van der Waals surface area contributed by atoms with E-state index in [-0.39, 0.29) is 19.4 Å². The molecule has 0 aliphatic heterocycles. The Balaban J connectivity index is 2.61. The number of ether oxygens (including phenoxy) is 2. The zero-order valence-electron chi connectivity index (χ0n) is 39.1. The van der Waals surface area contributed by atoms with Crippen LogP contribution in [0.2, 0.25) is 0 Å². The van der Waals surface area contributed by atoms with Crippen molar-refractivity contribution in [3.05, 3.63) is 60.8 Å². The van der Waals surface area contributed by atoms with Crippen molar-refractivity contribution in [1.82, 2.24) is 0 Å². The summed E-state index contributed by atoms with van der Waals surface area (Å²) in [6.07, 6.45) is 27.7. The van der Waals surface area contributed by atoms with Crippen LogP contribution in [-0.4, -0.2) is 115 Å². The Kier molecular flexibility index (Phi) is 36.0. The molecule has 8 atom stereocenters. The highest BCUT2D eigenvalue weighted by Gasteiger charge is 2.54. The van der Waals surface area contributed by atoms with Gasteiger partial charge in [0.05, 0.1) is 6.61 Å². The molecule has 5 unspecified atom stereocenters. The van der Waals surface area contributed by atoms with E-state index in [0.717, 1.165) is 83.5 Å². The van der Waals surface area contributed by atoms with Gasteiger partial charge in [0.15, 0.2) is 6.10 Å². The third kappa shape index (κ3) is 32.4. The highest BCUT2D eigenvalue weighted by molar-refractivity contribution is 7.47. The fourth-order valence-electron chi connectivity index (χ4n) is 6.94. The highest BCUT2D eigenvalue weighted by atomic mass is 31.2. The van der Waals surface area contributed by atoms with Crippen LogP contribution in [0.15, 0.2) is 60.8 Å². The molecule has 17 nitrogen and oxygen atoms in total. The number of aliphatic hydroxyl groups is 5. The maximum atomic E-state index is 13.0. The number of aliphatic hydroxyl groups excluding tert-OH is 5. The monoisotopic (exact) mass is 981 g/mol. The zero-order chi connectivity index (χ0) is 48.9. The molecule has 0 saturated heterocycles. The van der Waals surface area contributed by atoms with Crippen LogP contribution in [0.4, 0.5) is 0 Å². The number of carbonyl (C=O) groups is 2. The second-order valence-electron chi connectivity index (χ2n) is 16.5. The lowest BCUT2D eigenvalue weighted by Crippen LogP contribution is -2.64. The normalized spacial score (nSPS) is 22.0. The van der Waals surface area contributed by atoms with Gasteiger partial charge in [0.1, 0.15) is 43.2 Å². The summed E-state index contributed by atoms with van der Waals surface area (Å²) < 4.78 is 49.3. The number of unbranched alkanes of at least 4 members (excludes halogenated alkanes) is 15. The van der Waals surface area contributed by atoms with Crippen molar-refractivity contribution >= 4 is 27.6 Å². The minimum Gasteiger partial charge on any atom is -0.462 e. The predicted octanol–water partition coefficient (Wildman–Crippen LogP) is 8.03. The highest BCUT2D eigenvalue weighted by Crippen LogP contribution is 2.49. The summed E-state index contributed by atoms with van der Waals surface area (Å²) in [5.41, 5.74) is 0. The van der Waals surface area contributed by atoms with Crippen molar-refractivity contribution in [1.29, 1.82) is 0 Å². The Bertz CT molecular complexity index is 1510. The molecule has 0 aromatic heterocycles. The second-order valence-corrected chi connectivity index (χ2v) is 19.1. The average Bonchev–Trinajstić information content (AvgIpc) is 3.27. The second kappa shape index (κ2) is 38.5. The lowest BCUT2D eigenvalue weighted by molar-refractivity contribution is -0.216. The first-order valence-corrected chi connectivity index (χ1v) is 27.0. The van der Waals surface area contributed by atoms with Crippen molar-refractivity contribution in [2.24, 2.45) is 0 Å². The summed E-state index contributed by atoms with van der Waals surface area (Å²) in [6.45, 7) is 0.982. The molecule has 19 heteroatoms. The quantitative estimate of drug-likeness (QED) is 0.0125. The zero-order valence-corrected chi connectivity index (χ0v) is 40.8. The largest absolute Gasteiger partial charge is 0.472 e. The van der Waals surface area contributed by atoms with Crippen LogP contribution >= 0.6 is 15.6 Å². The van der Waals surface area contributed by atoms with Crippen molar-refractivity contribution in [2.75, 3.05) is 19.8 Å². The van der Waals surface area contributed by atoms with E-state index in [0.29, 0.717) is 19.3 Å². The third-order valence-corrected chi connectivity index (χ3v) is 12.1. The maximum Gasteiger partial charge on any atom is 0.472 e. The average molecular weight is 981 g/mol. The molecule has 8 N–H and O–H groups in total. The number of esters is 2. The fourth-order valence-corrected chi connectivity index (χ4v) is 8.48. The van der Waals surface area contributed by atoms with Crippen LogP contribution in [0.3, 0.4) is 0 Å². The smallest absolute Gasteiger partial charge is 0.462 e. The summed E-state index contributed by atoms with van der Waals surface area (Å²) in [5.74, 6) is -1.29. The van der Waals surface area contributed by atoms with Gasteiger partial charge in [-0.05, 0) is 77.0 Å². The number of phosphoric ester groups is 2. The van der Waals surface area contributed by atoms with E-state index in [1.54, 1.807) is 0 Å². The van der Waals surface area contributed by atoms with Gasteiger partial charge in [0.2, 0.25) is 0 Å². The molecule has 0 bridgehead atoms. The van der Waals surface area contributed by atoms with Crippen LogP contribution < -0.4 is 0 Å². The fraction of sp³-hybridized carbons (Fsp3) is 0.745. The van der Waals surface area contributed by atoms with Crippen LogP contribution in [0.25, 0.3) is 0 Å². The summed E-state index contributed by atoms with van der Waals surface area (Å²) in [6, 6.07) is 0. The van der Waals surface area contributed by atoms with Crippen molar-refractivity contribution in [3.63, 3.8) is 0 Å². The molecule has 1 fully saturated rings. The van der Waals surface area contributed by atoms with Gasteiger partial charge in [-0.3, -0.25) is 23.2 Å². The van der Waals surface area contributed by atoms with E-state index in [1.165, 1.54) is 38.5 Å². The van der Waals surface area contributed by atoms with Gasteiger partial charge >= 0.3 is 27.6 Å². The van der Waals surface area contributed by atoms with Crippen molar-refractivity contribution in [2.45, 2.75) is 204 Å². The molecule has 0 aromatic rings. The van der Waals surface area contributed by atoms with E-state index >= 15 is 0 Å². The van der Waals surface area contributed by atoms with Crippen LogP contribution in [-0.2, 0) is 41.8 Å². The first-order chi connectivity index (χ1) is 31.6. The molecule has 1 saturated carbocycles. The number of hydrogen-bond donors (Lipinski definition) is 8. The number of phosphoric acid groups is 2. The van der Waals surface area contributed by atoms with Gasteiger partial charge in [-0.15, -0.1) is 0 Å². The molecule has 1 rings (SSSR count). The van der Waals surface area contributed by atoms with Crippen LogP contribution in [0, 0.1) is 0 Å². The number of allylic oxidation sites excluding steroid dienone is 10. The van der Waals surface area contributed by atoms with Crippen LogP contribution in [0.5, 0.6) is 0 Å². The molecule has 0 radical (unpaired) electrons. The Morgan fingerprint density at radius 1 is 0.515 bits per heavy atom. The third-order valence-electron chi connectivity index (χ3n) is 10.6. The van der Waals surface area contributed by atoms with Gasteiger partial charge in [-0.25, -0.2) is 9.13 Å². The van der Waals surface area contributed by atoms with Crippen molar-refractivity contribution < 1.29 is 82.0 Å². The molecule has 0 aromatic carbocycles. The number of carbonyl (C=O) groups excluding carboxylic acids is 2. The Hall–Kier alpha value is -2.34. The van der Waals surface area contributed by atoms with Gasteiger partial charge in [0.25, 0.3) is 0 Å². The van der Waals surface area contributed by atoms with Gasteiger partial charge < -0.3 is 49.7 Å². The minimum absolute atomic E-state index is 0.0242. The first kappa shape index (κ1) is 61.7. The molecule has 382 valence electrons. The Morgan fingerprint density at radius 2 is 0.955 bits per heavy atom. The van der Waals surface area contributed by atoms with E-state index in [1.807, 2.05) is 12.2 Å². The van der Waals surface area contributed by atoms with E-state index in [9.17, 15) is 53.8 Å². The summed E-state index contributed by atoms with van der Waals surface area (Å²) in [4.78, 5) is 54.3. The van der Waals surface area contributed by atoms with Gasteiger partial charge in [0, 0.05) is 19.4 Å². The van der Waals surface area contributed by atoms with Gasteiger partial charge in [-0.1, -0.05) is 132 Å². The first-order valence-electron chi connectivity index (χ1n) is 23.9. The molecular formula is C47H82O17P2.